The Bertz CT molecular complexity index is 989. The quantitative estimate of drug-likeness (QED) is 0.318. The number of nitro benzene ring substituents is 1. The molecule has 8 nitrogen and oxygen atoms in total. The van der Waals surface area contributed by atoms with Gasteiger partial charge in [0.15, 0.2) is 11.0 Å². The summed E-state index contributed by atoms with van der Waals surface area (Å²) in [4.78, 5) is 22.4. The van der Waals surface area contributed by atoms with Gasteiger partial charge in [-0.2, -0.15) is 0 Å². The van der Waals surface area contributed by atoms with Crippen LogP contribution in [0.15, 0.2) is 58.2 Å². The van der Waals surface area contributed by atoms with Gasteiger partial charge in [0.2, 0.25) is 5.91 Å². The van der Waals surface area contributed by atoms with E-state index in [0.717, 1.165) is 15.9 Å². The van der Waals surface area contributed by atoms with Crippen molar-refractivity contribution >= 4 is 45.0 Å². The van der Waals surface area contributed by atoms with E-state index in [2.05, 4.69) is 31.4 Å². The first-order valence-electron chi connectivity index (χ1n) is 8.34. The van der Waals surface area contributed by atoms with Crippen molar-refractivity contribution in [2.45, 2.75) is 18.6 Å². The number of aromatic nitrogens is 3. The molecule has 0 bridgehead atoms. The SMILES string of the molecule is CCn1c(SCC(=O)Nc2ccc([N+](=O)[O-])cc2)nnc1-c1ccc(Br)cc1. The molecule has 0 atom stereocenters. The standard InChI is InChI=1S/C18H16BrN5O3S/c1-2-23-17(12-3-5-13(19)6-4-12)21-22-18(23)28-11-16(25)20-14-7-9-15(10-8-14)24(26)27/h3-10H,2,11H2,1H3,(H,20,25). The van der Waals surface area contributed by atoms with Crippen molar-refractivity contribution in [2.75, 3.05) is 11.1 Å². The summed E-state index contributed by atoms with van der Waals surface area (Å²) in [5.41, 5.74) is 1.42. The molecule has 3 rings (SSSR count). The molecular weight excluding hydrogens is 446 g/mol. The van der Waals surface area contributed by atoms with E-state index in [1.807, 2.05) is 35.8 Å². The number of rotatable bonds is 7. The minimum Gasteiger partial charge on any atom is -0.325 e. The summed E-state index contributed by atoms with van der Waals surface area (Å²) in [5, 5.41) is 22.5. The number of nitrogens with zero attached hydrogens (tertiary/aromatic N) is 4. The molecule has 0 spiro atoms. The summed E-state index contributed by atoms with van der Waals surface area (Å²) in [6, 6.07) is 13.5. The zero-order chi connectivity index (χ0) is 20.1. The van der Waals surface area contributed by atoms with Gasteiger partial charge in [-0.15, -0.1) is 10.2 Å². The van der Waals surface area contributed by atoms with Crippen LogP contribution in [0.5, 0.6) is 0 Å². The topological polar surface area (TPSA) is 103 Å². The highest BCUT2D eigenvalue weighted by molar-refractivity contribution is 9.10. The molecule has 28 heavy (non-hydrogen) atoms. The molecule has 0 unspecified atom stereocenters. The van der Waals surface area contributed by atoms with E-state index >= 15 is 0 Å². The predicted octanol–water partition coefficient (Wildman–Crippen LogP) is 4.37. The van der Waals surface area contributed by atoms with Gasteiger partial charge in [0, 0.05) is 34.4 Å². The van der Waals surface area contributed by atoms with Crippen molar-refractivity contribution in [3.05, 3.63) is 63.1 Å². The number of amides is 1. The second kappa shape index (κ2) is 8.98. The maximum Gasteiger partial charge on any atom is 0.269 e. The number of carbonyl (C=O) groups excluding carboxylic acids is 1. The van der Waals surface area contributed by atoms with Gasteiger partial charge in [0.05, 0.1) is 10.7 Å². The van der Waals surface area contributed by atoms with Crippen molar-refractivity contribution in [1.29, 1.82) is 0 Å². The molecule has 0 aliphatic heterocycles. The number of nitro groups is 1. The largest absolute Gasteiger partial charge is 0.325 e. The molecule has 0 saturated carbocycles. The molecule has 0 aliphatic rings. The van der Waals surface area contributed by atoms with E-state index in [0.29, 0.717) is 17.4 Å². The zero-order valence-corrected chi connectivity index (χ0v) is 17.2. The highest BCUT2D eigenvalue weighted by atomic mass is 79.9. The summed E-state index contributed by atoms with van der Waals surface area (Å²) in [5.74, 6) is 0.665. The maximum atomic E-state index is 12.2. The molecule has 0 aliphatic carbocycles. The van der Waals surface area contributed by atoms with Gasteiger partial charge >= 0.3 is 0 Å². The van der Waals surface area contributed by atoms with Gasteiger partial charge < -0.3 is 9.88 Å². The molecule has 0 fully saturated rings. The van der Waals surface area contributed by atoms with Crippen LogP contribution >= 0.6 is 27.7 Å². The number of thioether (sulfide) groups is 1. The van der Waals surface area contributed by atoms with E-state index in [4.69, 9.17) is 0 Å². The van der Waals surface area contributed by atoms with Gasteiger partial charge in [0.1, 0.15) is 0 Å². The van der Waals surface area contributed by atoms with Crippen LogP contribution in [-0.4, -0.2) is 31.3 Å². The molecule has 1 N–H and O–H groups in total. The number of carbonyl (C=O) groups is 1. The van der Waals surface area contributed by atoms with Crippen molar-refractivity contribution in [3.63, 3.8) is 0 Å². The second-order valence-corrected chi connectivity index (χ2v) is 7.56. The average Bonchev–Trinajstić information content (AvgIpc) is 3.10. The lowest BCUT2D eigenvalue weighted by molar-refractivity contribution is -0.384. The first kappa shape index (κ1) is 20.0. The van der Waals surface area contributed by atoms with Crippen LogP contribution in [0.4, 0.5) is 11.4 Å². The fourth-order valence-corrected chi connectivity index (χ4v) is 3.55. The molecule has 144 valence electrons. The molecule has 3 aromatic rings. The van der Waals surface area contributed by atoms with Gasteiger partial charge in [-0.1, -0.05) is 39.8 Å². The molecule has 10 heteroatoms. The average molecular weight is 462 g/mol. The number of benzene rings is 2. The van der Waals surface area contributed by atoms with Crippen molar-refractivity contribution in [3.8, 4) is 11.4 Å². The number of non-ortho nitro benzene ring substituents is 1. The van der Waals surface area contributed by atoms with Crippen LogP contribution in [0.2, 0.25) is 0 Å². The number of hydrogen-bond acceptors (Lipinski definition) is 6. The molecule has 1 heterocycles. The Kier molecular flexibility index (Phi) is 6.42. The lowest BCUT2D eigenvalue weighted by atomic mass is 10.2. The summed E-state index contributed by atoms with van der Waals surface area (Å²) in [6.07, 6.45) is 0. The minimum atomic E-state index is -0.484. The van der Waals surface area contributed by atoms with E-state index in [9.17, 15) is 14.9 Å². The molecule has 2 aromatic carbocycles. The predicted molar refractivity (Wildman–Crippen MR) is 111 cm³/mol. The van der Waals surface area contributed by atoms with Crippen LogP contribution in [-0.2, 0) is 11.3 Å². The molecule has 0 radical (unpaired) electrons. The van der Waals surface area contributed by atoms with E-state index in [1.54, 1.807) is 0 Å². The van der Waals surface area contributed by atoms with Crippen molar-refractivity contribution < 1.29 is 9.72 Å². The van der Waals surface area contributed by atoms with E-state index < -0.39 is 4.92 Å². The monoisotopic (exact) mass is 461 g/mol. The van der Waals surface area contributed by atoms with Crippen molar-refractivity contribution in [2.24, 2.45) is 0 Å². The summed E-state index contributed by atoms with van der Waals surface area (Å²) < 4.78 is 2.93. The van der Waals surface area contributed by atoms with Gasteiger partial charge in [-0.3, -0.25) is 14.9 Å². The third-order valence-electron chi connectivity index (χ3n) is 3.83. The fraction of sp³-hybridized carbons (Fsp3) is 0.167. The normalized spacial score (nSPS) is 10.6. The highest BCUT2D eigenvalue weighted by Crippen LogP contribution is 2.25. The summed E-state index contributed by atoms with van der Waals surface area (Å²) in [6.45, 7) is 2.66. The second-order valence-electron chi connectivity index (χ2n) is 5.70. The first-order chi connectivity index (χ1) is 13.5. The Labute approximate surface area is 173 Å². The molecular formula is C18H16BrN5O3S. The third kappa shape index (κ3) is 4.76. The molecule has 1 amide bonds. The van der Waals surface area contributed by atoms with E-state index in [-0.39, 0.29) is 17.3 Å². The summed E-state index contributed by atoms with van der Waals surface area (Å²) in [7, 11) is 0. The first-order valence-corrected chi connectivity index (χ1v) is 10.1. The maximum absolute atomic E-state index is 12.2. The number of halogens is 1. The minimum absolute atomic E-state index is 0.0242. The van der Waals surface area contributed by atoms with Crippen molar-refractivity contribution in [1.82, 2.24) is 14.8 Å². The smallest absolute Gasteiger partial charge is 0.269 e. The van der Waals surface area contributed by atoms with Crippen LogP contribution in [0.25, 0.3) is 11.4 Å². The number of hydrogen-bond donors (Lipinski definition) is 1. The Morgan fingerprint density at radius 2 is 1.86 bits per heavy atom. The Hall–Kier alpha value is -2.72. The van der Waals surface area contributed by atoms with Crippen LogP contribution in [0.3, 0.4) is 0 Å². The molecule has 0 saturated heterocycles. The summed E-state index contributed by atoms with van der Waals surface area (Å²) >= 11 is 4.70. The number of anilines is 1. The lowest BCUT2D eigenvalue weighted by Gasteiger charge is -2.08. The van der Waals surface area contributed by atoms with Crippen LogP contribution in [0.1, 0.15) is 6.92 Å². The van der Waals surface area contributed by atoms with Gasteiger partial charge in [-0.05, 0) is 31.2 Å². The van der Waals surface area contributed by atoms with Gasteiger partial charge in [0.25, 0.3) is 5.69 Å². The third-order valence-corrected chi connectivity index (χ3v) is 5.33. The number of nitrogens with one attached hydrogen (secondary N) is 1. The Morgan fingerprint density at radius 3 is 2.46 bits per heavy atom. The van der Waals surface area contributed by atoms with Crippen LogP contribution in [0, 0.1) is 10.1 Å². The van der Waals surface area contributed by atoms with Crippen LogP contribution < -0.4 is 5.32 Å². The Morgan fingerprint density at radius 1 is 1.18 bits per heavy atom. The van der Waals surface area contributed by atoms with E-state index in [1.165, 1.54) is 36.0 Å². The highest BCUT2D eigenvalue weighted by Gasteiger charge is 2.15. The zero-order valence-electron chi connectivity index (χ0n) is 14.8. The lowest BCUT2D eigenvalue weighted by Crippen LogP contribution is -2.14. The fourth-order valence-electron chi connectivity index (χ4n) is 2.49. The Balaban J connectivity index is 1.64. The molecule has 1 aromatic heterocycles. The van der Waals surface area contributed by atoms with Gasteiger partial charge in [-0.25, -0.2) is 0 Å².